The predicted octanol–water partition coefficient (Wildman–Crippen LogP) is 7.24. The van der Waals surface area contributed by atoms with Crippen LogP contribution in [-0.2, 0) is 16.8 Å². The number of carbonyl (C=O) groups excluding carboxylic acids is 2. The standard InChI is InChI=1S/C30H25ClF4N4O3/c1-19(40)37-23-10-6-11-24(16-23)38-28(41)39-29(17-20-7-3-2-4-8-20,26-14-13-22(31)18-36-26)21-9-5-12-25(15-21)42-30(34,35)27(32)33/h2-16,18,27H,17H2,1H3,(H,37,40)(H2,38,39,41)/t29-/m0/s1. The molecule has 3 N–H and O–H groups in total. The number of hydrogen-bond acceptors (Lipinski definition) is 4. The molecule has 1 heterocycles. The summed E-state index contributed by atoms with van der Waals surface area (Å²) in [5, 5.41) is 8.56. The van der Waals surface area contributed by atoms with E-state index in [9.17, 15) is 27.2 Å². The molecular weight excluding hydrogens is 576 g/mol. The highest BCUT2D eigenvalue weighted by Gasteiger charge is 2.44. The third-order valence-corrected chi connectivity index (χ3v) is 6.30. The number of amides is 3. The number of hydrogen-bond donors (Lipinski definition) is 3. The predicted molar refractivity (Wildman–Crippen MR) is 151 cm³/mol. The number of halogens is 5. The van der Waals surface area contributed by atoms with Crippen LogP contribution in [0.5, 0.6) is 5.75 Å². The number of carbonyl (C=O) groups is 2. The topological polar surface area (TPSA) is 92.4 Å². The number of nitrogens with one attached hydrogen (secondary N) is 3. The van der Waals surface area contributed by atoms with Gasteiger partial charge in [0.25, 0.3) is 0 Å². The van der Waals surface area contributed by atoms with Crippen molar-refractivity contribution in [2.75, 3.05) is 10.6 Å². The average molecular weight is 601 g/mol. The van der Waals surface area contributed by atoms with Crippen LogP contribution in [-0.4, -0.2) is 29.5 Å². The van der Waals surface area contributed by atoms with E-state index < -0.39 is 29.9 Å². The summed E-state index contributed by atoms with van der Waals surface area (Å²) in [5.41, 5.74) is 0.461. The average Bonchev–Trinajstić information content (AvgIpc) is 2.93. The summed E-state index contributed by atoms with van der Waals surface area (Å²) in [4.78, 5) is 29.5. The summed E-state index contributed by atoms with van der Waals surface area (Å²) in [6, 6.07) is 22.9. The van der Waals surface area contributed by atoms with Gasteiger partial charge in [0, 0.05) is 30.9 Å². The molecule has 0 aliphatic heterocycles. The van der Waals surface area contributed by atoms with Gasteiger partial charge in [-0.1, -0.05) is 60.1 Å². The molecular formula is C30H25ClF4N4O3. The highest BCUT2D eigenvalue weighted by atomic mass is 35.5. The van der Waals surface area contributed by atoms with Crippen molar-refractivity contribution in [3.05, 3.63) is 119 Å². The molecule has 1 atom stereocenters. The van der Waals surface area contributed by atoms with Crippen LogP contribution in [0, 0.1) is 0 Å². The van der Waals surface area contributed by atoms with Gasteiger partial charge in [-0.05, 0) is 53.6 Å². The first-order valence-electron chi connectivity index (χ1n) is 12.6. The van der Waals surface area contributed by atoms with Crippen molar-refractivity contribution in [2.45, 2.75) is 31.4 Å². The summed E-state index contributed by atoms with van der Waals surface area (Å²) in [5.74, 6) is -0.846. The number of alkyl halides is 4. The van der Waals surface area contributed by atoms with Gasteiger partial charge < -0.3 is 20.7 Å². The molecule has 0 aliphatic rings. The molecule has 0 bridgehead atoms. The van der Waals surface area contributed by atoms with Gasteiger partial charge in [0.1, 0.15) is 11.3 Å². The lowest BCUT2D eigenvalue weighted by Crippen LogP contribution is -2.50. The molecule has 7 nitrogen and oxygen atoms in total. The van der Waals surface area contributed by atoms with E-state index in [4.69, 9.17) is 11.6 Å². The number of benzene rings is 3. The summed E-state index contributed by atoms with van der Waals surface area (Å²) in [6.07, 6.45) is -7.39. The first-order chi connectivity index (χ1) is 20.0. The van der Waals surface area contributed by atoms with E-state index in [1.807, 2.05) is 0 Å². The van der Waals surface area contributed by atoms with Gasteiger partial charge in [-0.2, -0.15) is 17.6 Å². The number of anilines is 2. The van der Waals surface area contributed by atoms with E-state index in [1.165, 1.54) is 25.3 Å². The van der Waals surface area contributed by atoms with E-state index in [0.717, 1.165) is 17.7 Å². The Hall–Kier alpha value is -4.64. The Bertz CT molecular complexity index is 1540. The van der Waals surface area contributed by atoms with E-state index in [-0.39, 0.29) is 23.6 Å². The molecule has 1 aromatic heterocycles. The minimum absolute atomic E-state index is 0.0660. The molecule has 0 saturated carbocycles. The van der Waals surface area contributed by atoms with Crippen LogP contribution in [0.15, 0.2) is 97.2 Å². The van der Waals surface area contributed by atoms with Gasteiger partial charge >= 0.3 is 18.6 Å². The van der Waals surface area contributed by atoms with Gasteiger partial charge in [0.05, 0.1) is 10.7 Å². The van der Waals surface area contributed by atoms with E-state index in [0.29, 0.717) is 16.4 Å². The van der Waals surface area contributed by atoms with E-state index in [1.54, 1.807) is 66.7 Å². The second-order valence-electron chi connectivity index (χ2n) is 9.26. The second kappa shape index (κ2) is 12.9. The van der Waals surface area contributed by atoms with E-state index >= 15 is 0 Å². The van der Waals surface area contributed by atoms with Crippen molar-refractivity contribution >= 4 is 34.9 Å². The smallest absolute Gasteiger partial charge is 0.428 e. The molecule has 0 saturated heterocycles. The molecule has 0 aliphatic carbocycles. The van der Waals surface area contributed by atoms with Gasteiger partial charge in [-0.3, -0.25) is 9.78 Å². The molecule has 218 valence electrons. The Morgan fingerprint density at radius 3 is 2.24 bits per heavy atom. The number of urea groups is 1. The lowest BCUT2D eigenvalue weighted by molar-refractivity contribution is -0.253. The molecule has 42 heavy (non-hydrogen) atoms. The fourth-order valence-electron chi connectivity index (χ4n) is 4.31. The Balaban J connectivity index is 1.81. The number of rotatable bonds is 10. The maximum atomic E-state index is 13.8. The number of nitrogens with zero attached hydrogens (tertiary/aromatic N) is 1. The minimum Gasteiger partial charge on any atom is -0.428 e. The third-order valence-electron chi connectivity index (χ3n) is 6.08. The number of ether oxygens (including phenoxy) is 1. The Kier molecular flexibility index (Phi) is 9.31. The van der Waals surface area contributed by atoms with Crippen molar-refractivity contribution in [1.82, 2.24) is 10.3 Å². The highest BCUT2D eigenvalue weighted by Crippen LogP contribution is 2.36. The van der Waals surface area contributed by atoms with Crippen LogP contribution < -0.4 is 20.7 Å². The second-order valence-corrected chi connectivity index (χ2v) is 9.70. The van der Waals surface area contributed by atoms with Gasteiger partial charge in [0.2, 0.25) is 5.91 Å². The van der Waals surface area contributed by atoms with Gasteiger partial charge in [-0.25, -0.2) is 4.79 Å². The lowest BCUT2D eigenvalue weighted by Gasteiger charge is -2.35. The van der Waals surface area contributed by atoms with Crippen molar-refractivity contribution in [1.29, 1.82) is 0 Å². The Morgan fingerprint density at radius 1 is 0.905 bits per heavy atom. The van der Waals surface area contributed by atoms with Crippen molar-refractivity contribution < 1.29 is 31.9 Å². The Labute approximate surface area is 243 Å². The molecule has 3 aromatic carbocycles. The molecule has 0 radical (unpaired) electrons. The quantitative estimate of drug-likeness (QED) is 0.167. The molecule has 0 fully saturated rings. The molecule has 0 spiro atoms. The van der Waals surface area contributed by atoms with Gasteiger partial charge in [-0.15, -0.1) is 0 Å². The molecule has 3 amide bonds. The van der Waals surface area contributed by atoms with E-state index in [2.05, 4.69) is 25.7 Å². The van der Waals surface area contributed by atoms with Crippen molar-refractivity contribution in [3.63, 3.8) is 0 Å². The zero-order chi connectivity index (χ0) is 30.3. The third kappa shape index (κ3) is 7.55. The highest BCUT2D eigenvalue weighted by molar-refractivity contribution is 6.30. The summed E-state index contributed by atoms with van der Waals surface area (Å²) < 4.78 is 57.9. The van der Waals surface area contributed by atoms with Crippen molar-refractivity contribution in [3.8, 4) is 5.75 Å². The van der Waals surface area contributed by atoms with Crippen LogP contribution in [0.1, 0.15) is 23.7 Å². The summed E-state index contributed by atoms with van der Waals surface area (Å²) in [7, 11) is 0. The zero-order valence-electron chi connectivity index (χ0n) is 22.1. The zero-order valence-corrected chi connectivity index (χ0v) is 22.8. The normalized spacial score (nSPS) is 12.7. The first kappa shape index (κ1) is 30.3. The lowest BCUT2D eigenvalue weighted by atomic mass is 9.80. The van der Waals surface area contributed by atoms with Gasteiger partial charge in [0.15, 0.2) is 0 Å². The maximum absolute atomic E-state index is 13.8. The first-order valence-corrected chi connectivity index (χ1v) is 12.9. The van der Waals surface area contributed by atoms with Crippen LogP contribution in [0.3, 0.4) is 0 Å². The molecule has 4 aromatic rings. The molecule has 12 heteroatoms. The molecule has 4 rings (SSSR count). The van der Waals surface area contributed by atoms with Crippen LogP contribution in [0.4, 0.5) is 33.7 Å². The van der Waals surface area contributed by atoms with Crippen LogP contribution in [0.25, 0.3) is 0 Å². The number of aromatic nitrogens is 1. The largest absolute Gasteiger partial charge is 0.461 e. The maximum Gasteiger partial charge on any atom is 0.461 e. The fraction of sp³-hybridized carbons (Fsp3) is 0.167. The number of pyridine rings is 1. The van der Waals surface area contributed by atoms with Crippen LogP contribution in [0.2, 0.25) is 5.02 Å². The monoisotopic (exact) mass is 600 g/mol. The Morgan fingerprint density at radius 2 is 1.60 bits per heavy atom. The van der Waals surface area contributed by atoms with Crippen LogP contribution >= 0.6 is 11.6 Å². The molecule has 0 unspecified atom stereocenters. The minimum atomic E-state index is -4.75. The fourth-order valence-corrected chi connectivity index (χ4v) is 4.42. The summed E-state index contributed by atoms with van der Waals surface area (Å²) >= 11 is 6.09. The SMILES string of the molecule is CC(=O)Nc1cccc(NC(=O)N[C@@](Cc2ccccc2)(c2cccc(OC(F)(F)C(F)F)c2)c2ccc(Cl)cn2)c1. The van der Waals surface area contributed by atoms with Crippen molar-refractivity contribution in [2.24, 2.45) is 0 Å². The summed E-state index contributed by atoms with van der Waals surface area (Å²) in [6.45, 7) is 1.35.